The monoisotopic (exact) mass is 465 g/mol. The number of para-hydroxylation sites is 1. The van der Waals surface area contributed by atoms with Crippen molar-refractivity contribution in [1.82, 2.24) is 4.90 Å². The average Bonchev–Trinajstić information content (AvgIpc) is 3.34. The molecule has 33 heavy (non-hydrogen) atoms. The summed E-state index contributed by atoms with van der Waals surface area (Å²) < 4.78 is 5.74. The van der Waals surface area contributed by atoms with Gasteiger partial charge in [0.05, 0.1) is 21.3 Å². The molecule has 1 aliphatic rings. The lowest BCUT2D eigenvalue weighted by Gasteiger charge is -2.12. The Morgan fingerprint density at radius 2 is 1.73 bits per heavy atom. The van der Waals surface area contributed by atoms with E-state index in [0.717, 1.165) is 4.90 Å². The van der Waals surface area contributed by atoms with Gasteiger partial charge in [0, 0.05) is 34.9 Å². The van der Waals surface area contributed by atoms with E-state index in [1.54, 1.807) is 37.3 Å². The first-order valence-corrected chi connectivity index (χ1v) is 10.4. The number of nitrogens with zero attached hydrogens (tertiary/aromatic N) is 3. The molecule has 1 saturated heterocycles. The number of thioether (sulfide) groups is 1. The molecule has 1 aliphatic heterocycles. The molecule has 0 atom stereocenters. The zero-order chi connectivity index (χ0) is 23.7. The Morgan fingerprint density at radius 1 is 1.00 bits per heavy atom. The highest BCUT2D eigenvalue weighted by Crippen LogP contribution is 2.35. The van der Waals surface area contributed by atoms with Gasteiger partial charge in [-0.15, -0.1) is 0 Å². The van der Waals surface area contributed by atoms with E-state index in [0.29, 0.717) is 34.4 Å². The molecule has 0 aliphatic carbocycles. The van der Waals surface area contributed by atoms with Gasteiger partial charge >= 0.3 is 0 Å². The molecule has 4 rings (SSSR count). The van der Waals surface area contributed by atoms with E-state index in [9.17, 15) is 29.8 Å². The molecule has 0 radical (unpaired) electrons. The number of carbonyl (C=O) groups excluding carboxylic acids is 2. The van der Waals surface area contributed by atoms with E-state index < -0.39 is 21.0 Å². The molecule has 0 spiro atoms. The molecule has 2 amide bonds. The van der Waals surface area contributed by atoms with Crippen LogP contribution < -0.4 is 0 Å². The summed E-state index contributed by atoms with van der Waals surface area (Å²) in [5.74, 6) is 0.183. The van der Waals surface area contributed by atoms with Gasteiger partial charge in [0.1, 0.15) is 11.5 Å². The Balaban J connectivity index is 1.55. The number of benzene rings is 2. The minimum atomic E-state index is -0.577. The molecule has 2 heterocycles. The number of aryl methyl sites for hydroxylation is 1. The number of carbonyl (C=O) groups is 2. The molecule has 166 valence electrons. The van der Waals surface area contributed by atoms with Crippen LogP contribution in [0.3, 0.4) is 0 Å². The van der Waals surface area contributed by atoms with Crippen LogP contribution in [0.2, 0.25) is 0 Å². The van der Waals surface area contributed by atoms with Crippen LogP contribution in [-0.2, 0) is 11.3 Å². The van der Waals surface area contributed by atoms with E-state index in [1.807, 2.05) is 0 Å². The van der Waals surface area contributed by atoms with Crippen LogP contribution in [0.5, 0.6) is 0 Å². The van der Waals surface area contributed by atoms with Crippen molar-refractivity contribution in [2.75, 3.05) is 0 Å². The highest BCUT2D eigenvalue weighted by atomic mass is 32.2. The average molecular weight is 465 g/mol. The van der Waals surface area contributed by atoms with Crippen molar-refractivity contribution in [2.45, 2.75) is 13.5 Å². The third-order valence-corrected chi connectivity index (χ3v) is 5.88. The van der Waals surface area contributed by atoms with Gasteiger partial charge in [-0.1, -0.05) is 18.2 Å². The van der Waals surface area contributed by atoms with E-state index in [4.69, 9.17) is 4.42 Å². The molecule has 3 aromatic rings. The van der Waals surface area contributed by atoms with Gasteiger partial charge in [-0.05, 0) is 43.0 Å². The summed E-state index contributed by atoms with van der Waals surface area (Å²) >= 11 is 0.717. The third kappa shape index (κ3) is 4.39. The number of imide groups is 1. The third-order valence-electron chi connectivity index (χ3n) is 4.97. The van der Waals surface area contributed by atoms with Gasteiger partial charge in [-0.3, -0.25) is 34.7 Å². The Kier molecular flexibility index (Phi) is 5.80. The Labute approximate surface area is 190 Å². The van der Waals surface area contributed by atoms with Gasteiger partial charge in [-0.2, -0.15) is 0 Å². The van der Waals surface area contributed by atoms with E-state index in [-0.39, 0.29) is 28.4 Å². The Bertz CT molecular complexity index is 1350. The molecule has 10 nitrogen and oxygen atoms in total. The predicted octanol–water partition coefficient (Wildman–Crippen LogP) is 5.31. The first-order chi connectivity index (χ1) is 15.7. The van der Waals surface area contributed by atoms with Crippen molar-refractivity contribution < 1.29 is 23.9 Å². The second-order valence-corrected chi connectivity index (χ2v) is 8.11. The zero-order valence-electron chi connectivity index (χ0n) is 17.1. The maximum atomic E-state index is 12.8. The van der Waals surface area contributed by atoms with Crippen molar-refractivity contribution in [3.63, 3.8) is 0 Å². The minimum absolute atomic E-state index is 0.00198. The normalized spacial score (nSPS) is 14.8. The van der Waals surface area contributed by atoms with Crippen LogP contribution in [0.15, 0.2) is 63.9 Å². The second kappa shape index (κ2) is 8.71. The van der Waals surface area contributed by atoms with Gasteiger partial charge in [0.15, 0.2) is 0 Å². The molecule has 0 bridgehead atoms. The van der Waals surface area contributed by atoms with Crippen molar-refractivity contribution in [2.24, 2.45) is 0 Å². The summed E-state index contributed by atoms with van der Waals surface area (Å²) in [6.07, 6.45) is 1.42. The fraction of sp³-hybridized carbons (Fsp3) is 0.0909. The van der Waals surface area contributed by atoms with Crippen LogP contribution >= 0.6 is 11.8 Å². The standard InChI is InChI=1S/C22H15N3O7S/c1-13-10-14(6-8-17(13)24(28)29)19-9-7-16(32-19)11-20-21(26)23(22(27)33-20)12-15-4-2-3-5-18(15)25(30)31/h2-11H,12H2,1H3/b20-11-. The number of furan rings is 1. The molecule has 0 N–H and O–H groups in total. The van der Waals surface area contributed by atoms with E-state index in [2.05, 4.69) is 0 Å². The number of amides is 2. The quantitative estimate of drug-likeness (QED) is 0.271. The van der Waals surface area contributed by atoms with Crippen molar-refractivity contribution in [1.29, 1.82) is 0 Å². The number of nitro groups is 2. The topological polar surface area (TPSA) is 137 Å². The minimum Gasteiger partial charge on any atom is -0.457 e. The number of hydrogen-bond donors (Lipinski definition) is 0. The van der Waals surface area contributed by atoms with E-state index in [1.165, 1.54) is 30.3 Å². The molecule has 11 heteroatoms. The number of nitro benzene ring substituents is 2. The summed E-state index contributed by atoms with van der Waals surface area (Å²) in [6, 6.07) is 13.8. The maximum absolute atomic E-state index is 12.8. The van der Waals surface area contributed by atoms with Crippen molar-refractivity contribution in [3.8, 4) is 11.3 Å². The number of hydrogen-bond acceptors (Lipinski definition) is 8. The lowest BCUT2D eigenvalue weighted by Crippen LogP contribution is -2.27. The Morgan fingerprint density at radius 3 is 2.42 bits per heavy atom. The van der Waals surface area contributed by atoms with E-state index >= 15 is 0 Å². The second-order valence-electron chi connectivity index (χ2n) is 7.11. The van der Waals surface area contributed by atoms with Crippen LogP contribution in [0.25, 0.3) is 17.4 Å². The molecule has 1 aromatic heterocycles. The summed E-state index contributed by atoms with van der Waals surface area (Å²) in [5, 5.41) is 21.7. The van der Waals surface area contributed by atoms with Crippen molar-refractivity contribution >= 4 is 40.4 Å². The van der Waals surface area contributed by atoms with Gasteiger partial charge in [-0.25, -0.2) is 0 Å². The summed E-state index contributed by atoms with van der Waals surface area (Å²) in [4.78, 5) is 47.4. The SMILES string of the molecule is Cc1cc(-c2ccc(/C=C3\SC(=O)N(Cc4ccccc4[N+](=O)[O-])C3=O)o2)ccc1[N+](=O)[O-]. The lowest BCUT2D eigenvalue weighted by atomic mass is 10.1. The largest absolute Gasteiger partial charge is 0.457 e. The smallest absolute Gasteiger partial charge is 0.293 e. The van der Waals surface area contributed by atoms with Gasteiger partial charge < -0.3 is 4.42 Å². The predicted molar refractivity (Wildman–Crippen MR) is 120 cm³/mol. The molecule has 2 aromatic carbocycles. The van der Waals surface area contributed by atoms with Crippen LogP contribution in [-0.4, -0.2) is 25.9 Å². The zero-order valence-corrected chi connectivity index (χ0v) is 17.9. The molecule has 1 fully saturated rings. The molecule has 0 unspecified atom stereocenters. The summed E-state index contributed by atoms with van der Waals surface area (Å²) in [5.41, 5.74) is 1.18. The number of rotatable bonds is 6. The fourth-order valence-electron chi connectivity index (χ4n) is 3.36. The van der Waals surface area contributed by atoms with Crippen LogP contribution in [0.1, 0.15) is 16.9 Å². The lowest BCUT2D eigenvalue weighted by molar-refractivity contribution is -0.385. The van der Waals surface area contributed by atoms with Crippen LogP contribution in [0, 0.1) is 27.2 Å². The first-order valence-electron chi connectivity index (χ1n) is 9.57. The molecular formula is C22H15N3O7S. The highest BCUT2D eigenvalue weighted by molar-refractivity contribution is 8.18. The molecular weight excluding hydrogens is 450 g/mol. The Hall–Kier alpha value is -4.25. The van der Waals surface area contributed by atoms with Crippen LogP contribution in [0.4, 0.5) is 16.2 Å². The fourth-order valence-corrected chi connectivity index (χ4v) is 4.18. The highest BCUT2D eigenvalue weighted by Gasteiger charge is 2.36. The first kappa shape index (κ1) is 22.0. The molecule has 0 saturated carbocycles. The van der Waals surface area contributed by atoms with Gasteiger partial charge in [0.2, 0.25) is 0 Å². The maximum Gasteiger partial charge on any atom is 0.293 e. The summed E-state index contributed by atoms with van der Waals surface area (Å²) in [7, 11) is 0. The van der Waals surface area contributed by atoms with Crippen molar-refractivity contribution in [3.05, 3.63) is 96.6 Å². The summed E-state index contributed by atoms with van der Waals surface area (Å²) in [6.45, 7) is 1.41. The van der Waals surface area contributed by atoms with Gasteiger partial charge in [0.25, 0.3) is 22.5 Å².